The van der Waals surface area contributed by atoms with Crippen molar-refractivity contribution in [1.29, 1.82) is 0 Å². The molecule has 0 aromatic heterocycles. The smallest absolute Gasteiger partial charge is 0.255 e. The van der Waals surface area contributed by atoms with Gasteiger partial charge in [0.25, 0.3) is 5.91 Å². The summed E-state index contributed by atoms with van der Waals surface area (Å²) in [6, 6.07) is 12.8. The van der Waals surface area contributed by atoms with Crippen LogP contribution in [-0.2, 0) is 6.54 Å². The van der Waals surface area contributed by atoms with E-state index < -0.39 is 0 Å². The molecule has 0 spiro atoms. The van der Waals surface area contributed by atoms with Gasteiger partial charge < -0.3 is 10.6 Å². The van der Waals surface area contributed by atoms with Crippen LogP contribution in [0.25, 0.3) is 0 Å². The number of nitrogen functional groups attached to an aromatic ring is 1. The van der Waals surface area contributed by atoms with Crippen molar-refractivity contribution in [1.82, 2.24) is 4.90 Å². The number of benzene rings is 2. The number of hydrogen-bond acceptors (Lipinski definition) is 2. The van der Waals surface area contributed by atoms with E-state index in [9.17, 15) is 4.79 Å². The van der Waals surface area contributed by atoms with Crippen LogP contribution in [0.2, 0.25) is 5.02 Å². The predicted octanol–water partition coefficient (Wildman–Crippen LogP) is 4.35. The fourth-order valence-electron chi connectivity index (χ4n) is 2.07. The van der Waals surface area contributed by atoms with Crippen molar-refractivity contribution in [3.63, 3.8) is 0 Å². The van der Waals surface area contributed by atoms with Gasteiger partial charge in [-0.2, -0.15) is 0 Å². The Labute approximate surface area is 137 Å². The van der Waals surface area contributed by atoms with E-state index in [1.54, 1.807) is 23.1 Å². The largest absolute Gasteiger partial charge is 0.398 e. The Kier molecular flexibility index (Phi) is 5.26. The molecule has 21 heavy (non-hydrogen) atoms. The molecule has 110 valence electrons. The second kappa shape index (κ2) is 6.96. The Morgan fingerprint density at radius 1 is 1.29 bits per heavy atom. The minimum Gasteiger partial charge on any atom is -0.398 e. The highest BCUT2D eigenvalue weighted by atomic mass is 79.9. The Morgan fingerprint density at radius 3 is 2.67 bits per heavy atom. The molecule has 1 amide bonds. The van der Waals surface area contributed by atoms with E-state index in [0.29, 0.717) is 33.8 Å². The van der Waals surface area contributed by atoms with Gasteiger partial charge >= 0.3 is 0 Å². The topological polar surface area (TPSA) is 46.3 Å². The van der Waals surface area contributed by atoms with Crippen LogP contribution in [0.15, 0.2) is 46.9 Å². The van der Waals surface area contributed by atoms with Crippen LogP contribution in [-0.4, -0.2) is 17.4 Å². The lowest BCUT2D eigenvalue weighted by molar-refractivity contribution is 0.0751. The number of halogens is 2. The van der Waals surface area contributed by atoms with Gasteiger partial charge in [0.15, 0.2) is 0 Å². The Hall–Kier alpha value is -1.52. The SMILES string of the molecule is CCN(Cc1cccc(Cl)c1)C(=O)c1cccc(N)c1Br. The lowest BCUT2D eigenvalue weighted by Gasteiger charge is -2.22. The molecule has 3 nitrogen and oxygen atoms in total. The first-order valence-corrected chi connectivity index (χ1v) is 7.77. The van der Waals surface area contributed by atoms with E-state index in [-0.39, 0.29) is 5.91 Å². The molecule has 2 N–H and O–H groups in total. The molecule has 0 fully saturated rings. The molecule has 0 atom stereocenters. The van der Waals surface area contributed by atoms with Crippen molar-refractivity contribution >= 4 is 39.1 Å². The van der Waals surface area contributed by atoms with Gasteiger partial charge in [-0.3, -0.25) is 4.79 Å². The number of rotatable bonds is 4. The van der Waals surface area contributed by atoms with Crippen LogP contribution in [0.3, 0.4) is 0 Å². The third kappa shape index (κ3) is 3.77. The number of anilines is 1. The van der Waals surface area contributed by atoms with Gasteiger partial charge in [-0.15, -0.1) is 0 Å². The molecule has 0 saturated heterocycles. The first-order chi connectivity index (χ1) is 10.0. The van der Waals surface area contributed by atoms with Crippen molar-refractivity contribution in [2.45, 2.75) is 13.5 Å². The fourth-order valence-corrected chi connectivity index (χ4v) is 2.72. The molecule has 2 aromatic carbocycles. The van der Waals surface area contributed by atoms with E-state index in [2.05, 4.69) is 15.9 Å². The van der Waals surface area contributed by atoms with Crippen molar-refractivity contribution in [2.75, 3.05) is 12.3 Å². The zero-order valence-corrected chi connectivity index (χ0v) is 14.0. The second-order valence-corrected chi connectivity index (χ2v) is 5.89. The molecule has 0 bridgehead atoms. The maximum atomic E-state index is 12.6. The molecule has 2 aromatic rings. The molecule has 0 radical (unpaired) electrons. The molecule has 0 aliphatic rings. The maximum Gasteiger partial charge on any atom is 0.255 e. The van der Waals surface area contributed by atoms with Crippen LogP contribution in [0.4, 0.5) is 5.69 Å². The molecular formula is C16H16BrClN2O. The quantitative estimate of drug-likeness (QED) is 0.817. The third-order valence-electron chi connectivity index (χ3n) is 3.19. The highest BCUT2D eigenvalue weighted by Gasteiger charge is 2.18. The van der Waals surface area contributed by atoms with Crippen LogP contribution < -0.4 is 5.73 Å². The Balaban J connectivity index is 2.25. The summed E-state index contributed by atoms with van der Waals surface area (Å²) < 4.78 is 0.638. The molecule has 2 rings (SSSR count). The first-order valence-electron chi connectivity index (χ1n) is 6.60. The van der Waals surface area contributed by atoms with E-state index in [0.717, 1.165) is 5.56 Å². The number of amides is 1. The molecule has 0 heterocycles. The molecule has 0 aliphatic heterocycles. The first kappa shape index (κ1) is 15.9. The summed E-state index contributed by atoms with van der Waals surface area (Å²) >= 11 is 9.37. The van der Waals surface area contributed by atoms with Crippen LogP contribution in [0.1, 0.15) is 22.8 Å². The third-order valence-corrected chi connectivity index (χ3v) is 4.31. The summed E-state index contributed by atoms with van der Waals surface area (Å²) in [5, 5.41) is 0.668. The van der Waals surface area contributed by atoms with Gasteiger partial charge in [0.2, 0.25) is 0 Å². The molecule has 0 aliphatic carbocycles. The summed E-state index contributed by atoms with van der Waals surface area (Å²) in [6.07, 6.45) is 0. The summed E-state index contributed by atoms with van der Waals surface area (Å²) in [4.78, 5) is 14.4. The van der Waals surface area contributed by atoms with Crippen molar-refractivity contribution in [3.05, 3.63) is 63.1 Å². The van der Waals surface area contributed by atoms with Gasteiger partial charge in [0.1, 0.15) is 0 Å². The number of nitrogens with two attached hydrogens (primary N) is 1. The second-order valence-electron chi connectivity index (χ2n) is 4.66. The van der Waals surface area contributed by atoms with Gasteiger partial charge in [0, 0.05) is 23.8 Å². The van der Waals surface area contributed by atoms with Crippen molar-refractivity contribution in [3.8, 4) is 0 Å². The van der Waals surface area contributed by atoms with Crippen LogP contribution in [0.5, 0.6) is 0 Å². The number of carbonyl (C=O) groups excluding carboxylic acids is 1. The van der Waals surface area contributed by atoms with E-state index >= 15 is 0 Å². The minimum absolute atomic E-state index is 0.0587. The normalized spacial score (nSPS) is 10.4. The molecule has 0 saturated carbocycles. The number of nitrogens with zero attached hydrogens (tertiary/aromatic N) is 1. The Morgan fingerprint density at radius 2 is 2.00 bits per heavy atom. The summed E-state index contributed by atoms with van der Waals surface area (Å²) in [5.41, 5.74) is 7.96. The monoisotopic (exact) mass is 366 g/mol. The molecule has 0 unspecified atom stereocenters. The molecule has 5 heteroatoms. The summed E-state index contributed by atoms with van der Waals surface area (Å²) in [5.74, 6) is -0.0587. The number of hydrogen-bond donors (Lipinski definition) is 1. The lowest BCUT2D eigenvalue weighted by Crippen LogP contribution is -2.30. The summed E-state index contributed by atoms with van der Waals surface area (Å²) in [6.45, 7) is 3.06. The number of carbonyl (C=O) groups is 1. The zero-order valence-electron chi connectivity index (χ0n) is 11.6. The Bertz CT molecular complexity index is 660. The zero-order chi connectivity index (χ0) is 15.4. The van der Waals surface area contributed by atoms with Crippen molar-refractivity contribution in [2.24, 2.45) is 0 Å². The maximum absolute atomic E-state index is 12.6. The fraction of sp³-hybridized carbons (Fsp3) is 0.188. The predicted molar refractivity (Wildman–Crippen MR) is 90.4 cm³/mol. The van der Waals surface area contributed by atoms with E-state index in [1.165, 1.54) is 0 Å². The van der Waals surface area contributed by atoms with Crippen LogP contribution in [0, 0.1) is 0 Å². The van der Waals surface area contributed by atoms with E-state index in [1.807, 2.05) is 31.2 Å². The standard InChI is InChI=1S/C16H16BrClN2O/c1-2-20(10-11-5-3-6-12(18)9-11)16(21)13-7-4-8-14(19)15(13)17/h3-9H,2,10,19H2,1H3. The van der Waals surface area contributed by atoms with Gasteiger partial charge in [0.05, 0.1) is 10.0 Å². The highest BCUT2D eigenvalue weighted by molar-refractivity contribution is 9.10. The minimum atomic E-state index is -0.0587. The molecular weight excluding hydrogens is 352 g/mol. The van der Waals surface area contributed by atoms with Gasteiger partial charge in [-0.1, -0.05) is 29.8 Å². The average molecular weight is 368 g/mol. The van der Waals surface area contributed by atoms with Gasteiger partial charge in [-0.25, -0.2) is 0 Å². The lowest BCUT2D eigenvalue weighted by atomic mass is 10.1. The highest BCUT2D eigenvalue weighted by Crippen LogP contribution is 2.25. The van der Waals surface area contributed by atoms with Crippen LogP contribution >= 0.6 is 27.5 Å². The average Bonchev–Trinajstić information content (AvgIpc) is 2.47. The van der Waals surface area contributed by atoms with E-state index in [4.69, 9.17) is 17.3 Å². The van der Waals surface area contributed by atoms with Gasteiger partial charge in [-0.05, 0) is 52.7 Å². The summed E-state index contributed by atoms with van der Waals surface area (Å²) in [7, 11) is 0. The van der Waals surface area contributed by atoms with Crippen molar-refractivity contribution < 1.29 is 4.79 Å².